The predicted molar refractivity (Wildman–Crippen MR) is 81.0 cm³/mol. The third-order valence-electron chi connectivity index (χ3n) is 3.91. The van der Waals surface area contributed by atoms with Crippen molar-refractivity contribution in [2.75, 3.05) is 13.1 Å². The number of carbonyl (C=O) groups is 2. The quantitative estimate of drug-likeness (QED) is 0.905. The second-order valence-corrected chi connectivity index (χ2v) is 6.25. The summed E-state index contributed by atoms with van der Waals surface area (Å²) in [5, 5.41) is 8.97. The van der Waals surface area contributed by atoms with Crippen molar-refractivity contribution in [2.45, 2.75) is 33.1 Å². The number of carbonyl (C=O) groups excluding carboxylic acids is 1. The zero-order valence-electron chi connectivity index (χ0n) is 12.7. The molecular formula is C17H23NO3. The molecule has 0 aromatic heterocycles. The maximum absolute atomic E-state index is 12.2. The van der Waals surface area contributed by atoms with Gasteiger partial charge >= 0.3 is 5.97 Å². The van der Waals surface area contributed by atoms with E-state index in [4.69, 9.17) is 5.11 Å². The van der Waals surface area contributed by atoms with E-state index < -0.39 is 11.9 Å². The van der Waals surface area contributed by atoms with Crippen molar-refractivity contribution in [3.05, 3.63) is 35.4 Å². The van der Waals surface area contributed by atoms with E-state index >= 15 is 0 Å². The van der Waals surface area contributed by atoms with Gasteiger partial charge in [0.1, 0.15) is 0 Å². The molecule has 0 radical (unpaired) electrons. The minimum atomic E-state index is -0.802. The Morgan fingerprint density at radius 2 is 1.86 bits per heavy atom. The van der Waals surface area contributed by atoms with Crippen LogP contribution in [-0.4, -0.2) is 35.0 Å². The number of hydrogen-bond acceptors (Lipinski definition) is 2. The summed E-state index contributed by atoms with van der Waals surface area (Å²) in [5.74, 6) is -0.559. The Kier molecular flexibility index (Phi) is 4.99. The molecule has 1 aromatic carbocycles. The fourth-order valence-corrected chi connectivity index (χ4v) is 2.74. The molecule has 1 aliphatic rings. The van der Waals surface area contributed by atoms with E-state index in [1.54, 1.807) is 4.90 Å². The zero-order chi connectivity index (χ0) is 15.4. The highest BCUT2D eigenvalue weighted by Gasteiger charge is 2.30. The first-order valence-electron chi connectivity index (χ1n) is 7.54. The Balaban J connectivity index is 1.89. The number of rotatable bonds is 5. The van der Waals surface area contributed by atoms with Gasteiger partial charge in [-0.2, -0.15) is 0 Å². The maximum atomic E-state index is 12.2. The second kappa shape index (κ2) is 6.74. The third-order valence-corrected chi connectivity index (χ3v) is 3.91. The van der Waals surface area contributed by atoms with Gasteiger partial charge in [0.05, 0.1) is 12.3 Å². The van der Waals surface area contributed by atoms with E-state index in [2.05, 4.69) is 26.0 Å². The van der Waals surface area contributed by atoms with Crippen molar-refractivity contribution in [1.82, 2.24) is 4.90 Å². The van der Waals surface area contributed by atoms with Crippen LogP contribution in [0.3, 0.4) is 0 Å². The molecule has 4 heteroatoms. The van der Waals surface area contributed by atoms with Crippen molar-refractivity contribution in [3.63, 3.8) is 0 Å². The molecule has 1 amide bonds. The van der Waals surface area contributed by atoms with Crippen LogP contribution in [0, 0.1) is 11.8 Å². The van der Waals surface area contributed by atoms with Gasteiger partial charge in [-0.3, -0.25) is 9.59 Å². The Morgan fingerprint density at radius 3 is 2.38 bits per heavy atom. The molecule has 0 spiro atoms. The average molecular weight is 289 g/mol. The van der Waals surface area contributed by atoms with E-state index in [1.807, 2.05) is 12.1 Å². The normalized spacial score (nSPS) is 18.2. The fraction of sp³-hybridized carbons (Fsp3) is 0.529. The lowest BCUT2D eigenvalue weighted by Crippen LogP contribution is -2.31. The molecule has 1 aromatic rings. The summed E-state index contributed by atoms with van der Waals surface area (Å²) in [6, 6.07) is 8.15. The summed E-state index contributed by atoms with van der Waals surface area (Å²) in [4.78, 5) is 24.8. The van der Waals surface area contributed by atoms with Crippen LogP contribution in [0.2, 0.25) is 0 Å². The number of aliphatic carboxylic acids is 1. The van der Waals surface area contributed by atoms with Crippen molar-refractivity contribution >= 4 is 11.9 Å². The number of nitrogens with zero attached hydrogens (tertiary/aromatic N) is 1. The molecule has 1 saturated heterocycles. The van der Waals surface area contributed by atoms with Crippen LogP contribution in [0.5, 0.6) is 0 Å². The Hall–Kier alpha value is -1.84. The summed E-state index contributed by atoms with van der Waals surface area (Å²) >= 11 is 0. The standard InChI is InChI=1S/C17H23NO3/c1-12(2)9-13-3-5-14(6-4-13)10-16(19)18-8-7-15(11-18)17(20)21/h3-6,12,15H,7-11H2,1-2H3,(H,20,21). The fourth-order valence-electron chi connectivity index (χ4n) is 2.74. The van der Waals surface area contributed by atoms with Crippen LogP contribution in [0.1, 0.15) is 31.4 Å². The lowest BCUT2D eigenvalue weighted by Gasteiger charge is -2.16. The van der Waals surface area contributed by atoms with Gasteiger partial charge in [0.15, 0.2) is 0 Å². The number of benzene rings is 1. The molecule has 1 unspecified atom stereocenters. The van der Waals surface area contributed by atoms with Crippen LogP contribution >= 0.6 is 0 Å². The number of amides is 1. The van der Waals surface area contributed by atoms with Gasteiger partial charge in [-0.25, -0.2) is 0 Å². The molecule has 1 atom stereocenters. The topological polar surface area (TPSA) is 57.6 Å². The van der Waals surface area contributed by atoms with Gasteiger partial charge in [0.25, 0.3) is 0 Å². The molecule has 1 aliphatic heterocycles. The second-order valence-electron chi connectivity index (χ2n) is 6.25. The highest BCUT2D eigenvalue weighted by molar-refractivity contribution is 5.80. The largest absolute Gasteiger partial charge is 0.481 e. The van der Waals surface area contributed by atoms with Crippen LogP contribution < -0.4 is 0 Å². The first kappa shape index (κ1) is 15.5. The summed E-state index contributed by atoms with van der Waals surface area (Å²) in [6.07, 6.45) is 1.96. The van der Waals surface area contributed by atoms with Gasteiger partial charge < -0.3 is 10.0 Å². The first-order valence-corrected chi connectivity index (χ1v) is 7.54. The van der Waals surface area contributed by atoms with E-state index in [9.17, 15) is 9.59 Å². The summed E-state index contributed by atoms with van der Waals surface area (Å²) in [5.41, 5.74) is 2.28. The molecular weight excluding hydrogens is 266 g/mol. The maximum Gasteiger partial charge on any atom is 0.308 e. The molecule has 1 heterocycles. The van der Waals surface area contributed by atoms with Gasteiger partial charge in [-0.05, 0) is 29.9 Å². The van der Waals surface area contributed by atoms with E-state index in [1.165, 1.54) is 5.56 Å². The Labute approximate surface area is 125 Å². The predicted octanol–water partition coefficient (Wildman–Crippen LogP) is 2.36. The van der Waals surface area contributed by atoms with Crippen LogP contribution in [0.25, 0.3) is 0 Å². The molecule has 0 saturated carbocycles. The Morgan fingerprint density at radius 1 is 1.24 bits per heavy atom. The van der Waals surface area contributed by atoms with Crippen molar-refractivity contribution in [3.8, 4) is 0 Å². The lowest BCUT2D eigenvalue weighted by molar-refractivity contribution is -0.141. The molecule has 0 aliphatic carbocycles. The molecule has 21 heavy (non-hydrogen) atoms. The smallest absolute Gasteiger partial charge is 0.308 e. The monoisotopic (exact) mass is 289 g/mol. The van der Waals surface area contributed by atoms with Crippen LogP contribution in [-0.2, 0) is 22.4 Å². The average Bonchev–Trinajstić information content (AvgIpc) is 2.90. The van der Waals surface area contributed by atoms with Crippen LogP contribution in [0.15, 0.2) is 24.3 Å². The summed E-state index contributed by atoms with van der Waals surface area (Å²) in [7, 11) is 0. The van der Waals surface area contributed by atoms with E-state index in [0.29, 0.717) is 31.8 Å². The molecule has 1 N–H and O–H groups in total. The van der Waals surface area contributed by atoms with Crippen molar-refractivity contribution < 1.29 is 14.7 Å². The van der Waals surface area contributed by atoms with Gasteiger partial charge in [-0.1, -0.05) is 38.1 Å². The first-order chi connectivity index (χ1) is 9.95. The summed E-state index contributed by atoms with van der Waals surface area (Å²) in [6.45, 7) is 5.27. The van der Waals surface area contributed by atoms with Crippen LogP contribution in [0.4, 0.5) is 0 Å². The van der Waals surface area contributed by atoms with E-state index in [-0.39, 0.29) is 5.91 Å². The Bertz CT molecular complexity index is 507. The SMILES string of the molecule is CC(C)Cc1ccc(CC(=O)N2CCC(C(=O)O)C2)cc1. The number of carboxylic acid groups (broad SMARTS) is 1. The van der Waals surface area contributed by atoms with E-state index in [0.717, 1.165) is 12.0 Å². The van der Waals surface area contributed by atoms with Gasteiger partial charge in [0, 0.05) is 13.1 Å². The molecule has 114 valence electrons. The highest BCUT2D eigenvalue weighted by Crippen LogP contribution is 2.18. The van der Waals surface area contributed by atoms with Crippen molar-refractivity contribution in [2.24, 2.45) is 11.8 Å². The molecule has 0 bridgehead atoms. The third kappa shape index (κ3) is 4.31. The summed E-state index contributed by atoms with van der Waals surface area (Å²) < 4.78 is 0. The minimum Gasteiger partial charge on any atom is -0.481 e. The molecule has 4 nitrogen and oxygen atoms in total. The lowest BCUT2D eigenvalue weighted by atomic mass is 10.0. The van der Waals surface area contributed by atoms with Gasteiger partial charge in [-0.15, -0.1) is 0 Å². The number of carboxylic acids is 1. The molecule has 1 fully saturated rings. The number of hydrogen-bond donors (Lipinski definition) is 1. The highest BCUT2D eigenvalue weighted by atomic mass is 16.4. The molecule has 2 rings (SSSR count). The number of likely N-dealkylation sites (tertiary alicyclic amines) is 1. The zero-order valence-corrected chi connectivity index (χ0v) is 12.7. The minimum absolute atomic E-state index is 0.0235. The van der Waals surface area contributed by atoms with Gasteiger partial charge in [0.2, 0.25) is 5.91 Å². The van der Waals surface area contributed by atoms with Crippen molar-refractivity contribution in [1.29, 1.82) is 0 Å².